The summed E-state index contributed by atoms with van der Waals surface area (Å²) in [5, 5.41) is 12.2. The zero-order valence-corrected chi connectivity index (χ0v) is 13.9. The molecule has 2 aromatic carbocycles. The first-order chi connectivity index (χ1) is 11.2. The van der Waals surface area contributed by atoms with Crippen molar-refractivity contribution in [1.82, 2.24) is 5.32 Å². The summed E-state index contributed by atoms with van der Waals surface area (Å²) in [6, 6.07) is 16.2. The van der Waals surface area contributed by atoms with Crippen LogP contribution in [0.3, 0.4) is 0 Å². The topological polar surface area (TPSA) is 62.1 Å². The number of benzene rings is 2. The van der Waals surface area contributed by atoms with Crippen LogP contribution in [0.1, 0.15) is 5.56 Å². The van der Waals surface area contributed by atoms with E-state index in [1.54, 1.807) is 36.0 Å². The van der Waals surface area contributed by atoms with Gasteiger partial charge < -0.3 is 10.1 Å². The molecule has 118 valence electrons. The molecule has 0 aromatic heterocycles. The van der Waals surface area contributed by atoms with Gasteiger partial charge in [-0.2, -0.15) is 5.26 Å². The van der Waals surface area contributed by atoms with Crippen molar-refractivity contribution in [3.63, 3.8) is 0 Å². The zero-order valence-electron chi connectivity index (χ0n) is 12.3. The monoisotopic (exact) mass is 346 g/mol. The number of nitrogens with one attached hydrogen (secondary N) is 1. The molecular weight excluding hydrogens is 332 g/mol. The average Bonchev–Trinajstić information content (AvgIpc) is 2.59. The van der Waals surface area contributed by atoms with Gasteiger partial charge in [0.2, 0.25) is 0 Å². The summed E-state index contributed by atoms with van der Waals surface area (Å²) >= 11 is 7.47. The van der Waals surface area contributed by atoms with E-state index in [0.29, 0.717) is 22.9 Å². The summed E-state index contributed by atoms with van der Waals surface area (Å²) in [6.45, 7) is 0.514. The fourth-order valence-corrected chi connectivity index (χ4v) is 2.61. The zero-order chi connectivity index (χ0) is 16.5. The number of halogens is 1. The van der Waals surface area contributed by atoms with Gasteiger partial charge in [-0.25, -0.2) is 0 Å². The Bertz CT molecular complexity index is 681. The quantitative estimate of drug-likeness (QED) is 0.615. The molecule has 0 atom stereocenters. The molecule has 0 aliphatic carbocycles. The Kier molecular flexibility index (Phi) is 6.79. The Balaban J connectivity index is 1.63. The second-order valence-electron chi connectivity index (χ2n) is 4.58. The van der Waals surface area contributed by atoms with E-state index in [4.69, 9.17) is 21.6 Å². The van der Waals surface area contributed by atoms with Crippen molar-refractivity contribution in [2.45, 2.75) is 4.90 Å². The van der Waals surface area contributed by atoms with Crippen LogP contribution in [0.25, 0.3) is 0 Å². The first-order valence-corrected chi connectivity index (χ1v) is 8.32. The molecule has 0 bridgehead atoms. The first-order valence-electron chi connectivity index (χ1n) is 6.95. The van der Waals surface area contributed by atoms with E-state index >= 15 is 0 Å². The van der Waals surface area contributed by atoms with Crippen LogP contribution in [0.15, 0.2) is 53.4 Å². The lowest BCUT2D eigenvalue weighted by atomic mass is 10.2. The lowest BCUT2D eigenvalue weighted by molar-refractivity contribution is -0.122. The molecule has 1 amide bonds. The summed E-state index contributed by atoms with van der Waals surface area (Å²) < 4.78 is 5.35. The van der Waals surface area contributed by atoms with Gasteiger partial charge in [0.25, 0.3) is 5.91 Å². The SMILES string of the molecule is N#Cc1ccc(OCC(=O)NCCSc2ccc(Cl)cc2)cc1. The fraction of sp³-hybridized carbons (Fsp3) is 0.176. The molecule has 2 rings (SSSR count). The van der Waals surface area contributed by atoms with Gasteiger partial charge >= 0.3 is 0 Å². The van der Waals surface area contributed by atoms with Crippen molar-refractivity contribution in [1.29, 1.82) is 5.26 Å². The molecule has 0 heterocycles. The van der Waals surface area contributed by atoms with E-state index in [9.17, 15) is 4.79 Å². The number of thioether (sulfide) groups is 1. The molecule has 0 unspecified atom stereocenters. The molecule has 6 heteroatoms. The van der Waals surface area contributed by atoms with Crippen LogP contribution in [-0.4, -0.2) is 24.8 Å². The van der Waals surface area contributed by atoms with E-state index in [-0.39, 0.29) is 12.5 Å². The predicted molar refractivity (Wildman–Crippen MR) is 91.8 cm³/mol. The lowest BCUT2D eigenvalue weighted by Gasteiger charge is -2.07. The summed E-state index contributed by atoms with van der Waals surface area (Å²) in [5.74, 6) is 1.16. The number of nitriles is 1. The van der Waals surface area contributed by atoms with E-state index < -0.39 is 0 Å². The third kappa shape index (κ3) is 6.23. The number of hydrogen-bond acceptors (Lipinski definition) is 4. The number of carbonyl (C=O) groups excluding carboxylic acids is 1. The summed E-state index contributed by atoms with van der Waals surface area (Å²) in [6.07, 6.45) is 0. The highest BCUT2D eigenvalue weighted by Crippen LogP contribution is 2.19. The number of rotatable bonds is 7. The van der Waals surface area contributed by atoms with E-state index in [1.807, 2.05) is 30.3 Å². The molecule has 0 spiro atoms. The van der Waals surface area contributed by atoms with Crippen molar-refractivity contribution in [3.8, 4) is 11.8 Å². The maximum Gasteiger partial charge on any atom is 0.257 e. The third-order valence-corrected chi connectivity index (χ3v) is 4.13. The van der Waals surface area contributed by atoms with Crippen molar-refractivity contribution in [2.24, 2.45) is 0 Å². The van der Waals surface area contributed by atoms with Crippen molar-refractivity contribution >= 4 is 29.3 Å². The highest BCUT2D eigenvalue weighted by molar-refractivity contribution is 7.99. The number of amides is 1. The first kappa shape index (κ1) is 17.2. The molecule has 0 saturated carbocycles. The minimum Gasteiger partial charge on any atom is -0.484 e. The standard InChI is InChI=1S/C17H15ClN2O2S/c18-14-3-7-16(8-4-14)23-10-9-20-17(21)12-22-15-5-1-13(11-19)2-6-15/h1-8H,9-10,12H2,(H,20,21). The largest absolute Gasteiger partial charge is 0.484 e. The predicted octanol–water partition coefficient (Wildman–Crippen LogP) is 3.50. The van der Waals surface area contributed by atoms with Gasteiger partial charge in [0, 0.05) is 22.2 Å². The van der Waals surface area contributed by atoms with E-state index in [1.165, 1.54) is 0 Å². The van der Waals surface area contributed by atoms with Gasteiger partial charge in [-0.1, -0.05) is 11.6 Å². The van der Waals surface area contributed by atoms with Crippen molar-refractivity contribution < 1.29 is 9.53 Å². The Morgan fingerprint density at radius 2 is 1.87 bits per heavy atom. The van der Waals surface area contributed by atoms with Crippen LogP contribution in [0.4, 0.5) is 0 Å². The van der Waals surface area contributed by atoms with Crippen LogP contribution in [0, 0.1) is 11.3 Å². The van der Waals surface area contributed by atoms with Crippen molar-refractivity contribution in [2.75, 3.05) is 18.9 Å². The Labute approximate surface area is 144 Å². The minimum atomic E-state index is -0.175. The maximum absolute atomic E-state index is 11.7. The lowest BCUT2D eigenvalue weighted by Crippen LogP contribution is -2.30. The average molecular weight is 347 g/mol. The smallest absolute Gasteiger partial charge is 0.257 e. The van der Waals surface area contributed by atoms with Crippen molar-refractivity contribution in [3.05, 3.63) is 59.1 Å². The van der Waals surface area contributed by atoms with Gasteiger partial charge in [-0.3, -0.25) is 4.79 Å². The fourth-order valence-electron chi connectivity index (χ4n) is 1.72. The molecule has 0 fully saturated rings. The Morgan fingerprint density at radius 3 is 2.52 bits per heavy atom. The number of ether oxygens (including phenoxy) is 1. The molecule has 4 nitrogen and oxygen atoms in total. The van der Waals surface area contributed by atoms with Crippen LogP contribution in [0.2, 0.25) is 5.02 Å². The number of nitrogens with zero attached hydrogens (tertiary/aromatic N) is 1. The molecular formula is C17H15ClN2O2S. The van der Waals surface area contributed by atoms with Crippen LogP contribution < -0.4 is 10.1 Å². The molecule has 1 N–H and O–H groups in total. The van der Waals surface area contributed by atoms with Crippen LogP contribution in [-0.2, 0) is 4.79 Å². The Hall–Kier alpha value is -2.16. The highest BCUT2D eigenvalue weighted by Gasteiger charge is 2.03. The molecule has 0 aliphatic rings. The van der Waals surface area contributed by atoms with Gasteiger partial charge in [-0.15, -0.1) is 11.8 Å². The number of hydrogen-bond donors (Lipinski definition) is 1. The molecule has 0 aliphatic heterocycles. The number of carbonyl (C=O) groups is 1. The van der Waals surface area contributed by atoms with E-state index in [2.05, 4.69) is 5.32 Å². The highest BCUT2D eigenvalue weighted by atomic mass is 35.5. The minimum absolute atomic E-state index is 0.0441. The second-order valence-corrected chi connectivity index (χ2v) is 6.18. The van der Waals surface area contributed by atoms with Gasteiger partial charge in [0.05, 0.1) is 11.6 Å². The maximum atomic E-state index is 11.7. The van der Waals surface area contributed by atoms with Gasteiger partial charge in [-0.05, 0) is 48.5 Å². The third-order valence-electron chi connectivity index (χ3n) is 2.86. The molecule has 0 radical (unpaired) electrons. The summed E-state index contributed by atoms with van der Waals surface area (Å²) in [5.41, 5.74) is 0.557. The van der Waals surface area contributed by atoms with Gasteiger partial charge in [0.15, 0.2) is 6.61 Å². The van der Waals surface area contributed by atoms with E-state index in [0.717, 1.165) is 10.6 Å². The summed E-state index contributed by atoms with van der Waals surface area (Å²) in [7, 11) is 0. The van der Waals surface area contributed by atoms with Crippen LogP contribution in [0.5, 0.6) is 5.75 Å². The molecule has 23 heavy (non-hydrogen) atoms. The second kappa shape index (κ2) is 9.09. The normalized spacial score (nSPS) is 9.91. The van der Waals surface area contributed by atoms with Gasteiger partial charge in [0.1, 0.15) is 5.75 Å². The summed E-state index contributed by atoms with van der Waals surface area (Å²) in [4.78, 5) is 12.8. The molecule has 0 saturated heterocycles. The van der Waals surface area contributed by atoms with Crippen LogP contribution >= 0.6 is 23.4 Å². The molecule has 2 aromatic rings. The Morgan fingerprint density at radius 1 is 1.17 bits per heavy atom.